The monoisotopic (exact) mass is 466 g/mol. The third kappa shape index (κ3) is 3.53. The van der Waals surface area contributed by atoms with Gasteiger partial charge in [-0.25, -0.2) is 4.98 Å². The lowest BCUT2D eigenvalue weighted by Crippen LogP contribution is -2.47. The highest BCUT2D eigenvalue weighted by molar-refractivity contribution is 6.00. The first-order valence-electron chi connectivity index (χ1n) is 12.5. The number of nitrogens with one attached hydrogen (secondary N) is 1. The average Bonchev–Trinajstić information content (AvgIpc) is 3.47. The number of ketones is 1. The van der Waals surface area contributed by atoms with Crippen LogP contribution in [0.5, 0.6) is 0 Å². The maximum Gasteiger partial charge on any atom is 0.165 e. The van der Waals surface area contributed by atoms with E-state index in [4.69, 9.17) is 15.7 Å². The zero-order valence-electron chi connectivity index (χ0n) is 20.2. The number of anilines is 1. The van der Waals surface area contributed by atoms with Gasteiger partial charge in [-0.3, -0.25) is 9.78 Å². The number of nitrogens with two attached hydrogens (primary N) is 1. The number of fused-ring (bicyclic) bond motifs is 3. The third-order valence-electron chi connectivity index (χ3n) is 7.97. The van der Waals surface area contributed by atoms with Crippen LogP contribution < -0.4 is 11.1 Å². The fourth-order valence-electron chi connectivity index (χ4n) is 6.18. The number of hydrogen-bond acceptors (Lipinski definition) is 6. The Balaban J connectivity index is 1.50. The molecule has 2 saturated heterocycles. The van der Waals surface area contributed by atoms with E-state index in [2.05, 4.69) is 17.3 Å². The van der Waals surface area contributed by atoms with Crippen LogP contribution in [0.2, 0.25) is 0 Å². The molecule has 0 radical (unpaired) electrons. The lowest BCUT2D eigenvalue weighted by molar-refractivity contribution is 0.101. The molecule has 1 aromatic carbocycles. The van der Waals surface area contributed by atoms with E-state index in [1.54, 1.807) is 17.6 Å². The predicted octanol–water partition coefficient (Wildman–Crippen LogP) is 4.81. The Morgan fingerprint density at radius 1 is 1.09 bits per heavy atom. The molecule has 2 bridgehead atoms. The molecule has 2 unspecified atom stereocenters. The number of nitrogen functional groups attached to an aromatic ring is 1. The Bertz CT molecular complexity index is 1400. The number of nitrogens with zero attached hydrogens (tertiary/aromatic N) is 4. The Labute approximate surface area is 204 Å². The normalized spacial score (nSPS) is 23.6. The van der Waals surface area contributed by atoms with Crippen LogP contribution in [0.4, 0.5) is 5.82 Å². The third-order valence-corrected chi connectivity index (χ3v) is 7.97. The first kappa shape index (κ1) is 21.9. The topological polar surface area (TPSA) is 98.2 Å². The number of Topliss-reactive ketones (excluding diaryl/α,β-unsaturated/α-hetero) is 1. The van der Waals surface area contributed by atoms with Crippen molar-refractivity contribution in [1.82, 2.24) is 24.9 Å². The fourth-order valence-corrected chi connectivity index (χ4v) is 6.18. The van der Waals surface area contributed by atoms with Gasteiger partial charge in [0.25, 0.3) is 0 Å². The lowest BCUT2D eigenvalue weighted by Gasteiger charge is -2.41. The van der Waals surface area contributed by atoms with Gasteiger partial charge < -0.3 is 11.1 Å². The zero-order valence-corrected chi connectivity index (χ0v) is 20.2. The van der Waals surface area contributed by atoms with E-state index in [0.717, 1.165) is 47.3 Å². The molecule has 7 nitrogen and oxygen atoms in total. The van der Waals surface area contributed by atoms with Crippen molar-refractivity contribution < 1.29 is 4.79 Å². The van der Waals surface area contributed by atoms with Crippen LogP contribution >= 0.6 is 0 Å². The van der Waals surface area contributed by atoms with E-state index < -0.39 is 0 Å². The van der Waals surface area contributed by atoms with Crippen molar-refractivity contribution in [2.45, 2.75) is 63.5 Å². The summed E-state index contributed by atoms with van der Waals surface area (Å²) in [6, 6.07) is 15.1. The Morgan fingerprint density at radius 2 is 1.83 bits per heavy atom. The average molecular weight is 467 g/mol. The van der Waals surface area contributed by atoms with E-state index in [1.165, 1.54) is 12.8 Å². The second-order valence-electron chi connectivity index (χ2n) is 10.0. The Morgan fingerprint density at radius 3 is 2.46 bits per heavy atom. The SMILES string of the molecule is CCC1(c2nc3c(-c4ccc(-c5ccccc5)nc4)cnn3c(N)c2C(C)=O)CC2CCC(C1)N2. The van der Waals surface area contributed by atoms with Crippen molar-refractivity contribution in [3.8, 4) is 22.4 Å². The summed E-state index contributed by atoms with van der Waals surface area (Å²) in [5.74, 6) is 0.313. The molecule has 3 aromatic heterocycles. The van der Waals surface area contributed by atoms with Crippen LogP contribution in [-0.2, 0) is 5.41 Å². The van der Waals surface area contributed by atoms with E-state index in [0.29, 0.717) is 29.1 Å². The van der Waals surface area contributed by atoms with Crippen LogP contribution in [0.25, 0.3) is 28.0 Å². The molecular weight excluding hydrogens is 436 g/mol. The van der Waals surface area contributed by atoms with Crippen LogP contribution in [0, 0.1) is 0 Å². The minimum absolute atomic E-state index is 0.0588. The Kier molecular flexibility index (Phi) is 5.18. The summed E-state index contributed by atoms with van der Waals surface area (Å²) in [6.45, 7) is 3.79. The molecular formula is C28H30N6O. The zero-order chi connectivity index (χ0) is 24.2. The standard InChI is InChI=1S/C28H30N6O/c1-3-28(13-20-10-11-21(14-28)32-20)25-24(17(2)35)26(29)34-27(33-25)22(16-31-34)19-9-12-23(30-15-19)18-7-5-4-6-8-18/h4-9,12,15-16,20-21,32H,3,10-11,13-14,29H2,1-2H3. The number of carbonyl (C=O) groups is 1. The van der Waals surface area contributed by atoms with E-state index in [1.807, 2.05) is 48.7 Å². The van der Waals surface area contributed by atoms with E-state index in [9.17, 15) is 4.79 Å². The molecule has 2 aliphatic heterocycles. The van der Waals surface area contributed by atoms with Gasteiger partial charge in [0.05, 0.1) is 23.1 Å². The summed E-state index contributed by atoms with van der Waals surface area (Å²) in [7, 11) is 0. The Hall–Kier alpha value is -3.58. The number of benzene rings is 1. The fraction of sp³-hybridized carbons (Fsp3) is 0.357. The molecule has 7 heteroatoms. The van der Waals surface area contributed by atoms with Gasteiger partial charge >= 0.3 is 0 Å². The summed E-state index contributed by atoms with van der Waals surface area (Å²) in [6.07, 6.45) is 8.85. The van der Waals surface area contributed by atoms with Crippen LogP contribution in [0.15, 0.2) is 54.9 Å². The highest BCUT2D eigenvalue weighted by Crippen LogP contribution is 2.46. The van der Waals surface area contributed by atoms with Crippen LogP contribution in [0.3, 0.4) is 0 Å². The van der Waals surface area contributed by atoms with Crippen molar-refractivity contribution in [2.24, 2.45) is 0 Å². The van der Waals surface area contributed by atoms with Gasteiger partial charge in [0.2, 0.25) is 0 Å². The second-order valence-corrected chi connectivity index (χ2v) is 10.0. The molecule has 35 heavy (non-hydrogen) atoms. The summed E-state index contributed by atoms with van der Waals surface area (Å²) < 4.78 is 1.61. The summed E-state index contributed by atoms with van der Waals surface area (Å²) in [4.78, 5) is 22.7. The summed E-state index contributed by atoms with van der Waals surface area (Å²) in [5, 5.41) is 8.26. The quantitative estimate of drug-likeness (QED) is 0.410. The second kappa shape index (κ2) is 8.27. The molecule has 0 spiro atoms. The van der Waals surface area contributed by atoms with Crippen molar-refractivity contribution >= 4 is 17.2 Å². The molecule has 3 N–H and O–H groups in total. The number of pyridine rings is 1. The van der Waals surface area contributed by atoms with Gasteiger partial charge in [-0.05, 0) is 45.1 Å². The number of piperidine rings is 1. The van der Waals surface area contributed by atoms with Crippen molar-refractivity contribution in [1.29, 1.82) is 0 Å². The molecule has 0 saturated carbocycles. The van der Waals surface area contributed by atoms with Gasteiger partial charge in [-0.1, -0.05) is 43.3 Å². The molecule has 0 amide bonds. The molecule has 6 rings (SSSR count). The number of rotatable bonds is 5. The molecule has 4 aromatic rings. The molecule has 0 aliphatic carbocycles. The maximum absolute atomic E-state index is 12.9. The molecule has 178 valence electrons. The lowest BCUT2D eigenvalue weighted by atomic mass is 9.69. The minimum atomic E-state index is -0.176. The molecule has 2 atom stereocenters. The van der Waals surface area contributed by atoms with Gasteiger partial charge in [0, 0.05) is 40.4 Å². The van der Waals surface area contributed by atoms with Crippen molar-refractivity contribution in [3.05, 3.63) is 66.1 Å². The summed E-state index contributed by atoms with van der Waals surface area (Å²) in [5.41, 5.74) is 12.3. The highest BCUT2D eigenvalue weighted by atomic mass is 16.1. The predicted molar refractivity (Wildman–Crippen MR) is 137 cm³/mol. The van der Waals surface area contributed by atoms with Gasteiger partial charge in [0.15, 0.2) is 11.4 Å². The molecule has 2 fully saturated rings. The van der Waals surface area contributed by atoms with Crippen molar-refractivity contribution in [3.63, 3.8) is 0 Å². The van der Waals surface area contributed by atoms with E-state index in [-0.39, 0.29) is 11.2 Å². The van der Waals surface area contributed by atoms with Crippen LogP contribution in [0.1, 0.15) is 62.0 Å². The van der Waals surface area contributed by atoms with Gasteiger partial charge in [-0.2, -0.15) is 9.61 Å². The number of hydrogen-bond donors (Lipinski definition) is 2. The first-order valence-corrected chi connectivity index (χ1v) is 12.5. The largest absolute Gasteiger partial charge is 0.383 e. The van der Waals surface area contributed by atoms with Crippen molar-refractivity contribution in [2.75, 3.05) is 5.73 Å². The van der Waals surface area contributed by atoms with Gasteiger partial charge in [-0.15, -0.1) is 0 Å². The highest BCUT2D eigenvalue weighted by Gasteiger charge is 2.46. The smallest absolute Gasteiger partial charge is 0.165 e. The van der Waals surface area contributed by atoms with Gasteiger partial charge in [0.1, 0.15) is 5.82 Å². The minimum Gasteiger partial charge on any atom is -0.383 e. The van der Waals surface area contributed by atoms with E-state index >= 15 is 0 Å². The number of carbonyl (C=O) groups excluding carboxylic acids is 1. The summed E-state index contributed by atoms with van der Waals surface area (Å²) >= 11 is 0. The molecule has 2 aliphatic rings. The maximum atomic E-state index is 12.9. The number of aromatic nitrogens is 4. The molecule has 5 heterocycles. The first-order chi connectivity index (χ1) is 17.0. The van der Waals surface area contributed by atoms with Crippen LogP contribution in [-0.4, -0.2) is 37.4 Å².